The van der Waals surface area contributed by atoms with Crippen molar-refractivity contribution in [3.8, 4) is 0 Å². The molecule has 108 valence electrons. The van der Waals surface area contributed by atoms with Crippen molar-refractivity contribution in [2.75, 3.05) is 0 Å². The molecule has 1 heterocycles. The molecule has 0 aliphatic rings. The topological polar surface area (TPSA) is 12.0 Å². The quantitative estimate of drug-likeness (QED) is 0.816. The molecule has 1 unspecified atom stereocenters. The number of benzene rings is 1. The minimum absolute atomic E-state index is 0.126. The van der Waals surface area contributed by atoms with Gasteiger partial charge in [-0.2, -0.15) is 0 Å². The van der Waals surface area contributed by atoms with E-state index in [1.54, 1.807) is 11.3 Å². The highest BCUT2D eigenvalue weighted by atomic mass is 32.1. The van der Waals surface area contributed by atoms with Gasteiger partial charge in [-0.15, -0.1) is 11.3 Å². The molecule has 0 saturated heterocycles. The van der Waals surface area contributed by atoms with Gasteiger partial charge in [-0.05, 0) is 38.5 Å². The van der Waals surface area contributed by atoms with E-state index in [1.165, 1.54) is 9.75 Å². The van der Waals surface area contributed by atoms with E-state index in [4.69, 9.17) is 0 Å². The van der Waals surface area contributed by atoms with Crippen LogP contribution in [0.1, 0.15) is 22.2 Å². The minimum Gasteiger partial charge on any atom is -0.310 e. The van der Waals surface area contributed by atoms with E-state index in [9.17, 15) is 13.2 Å². The van der Waals surface area contributed by atoms with Crippen LogP contribution in [0.3, 0.4) is 0 Å². The van der Waals surface area contributed by atoms with Gasteiger partial charge in [-0.3, -0.25) is 0 Å². The summed E-state index contributed by atoms with van der Waals surface area (Å²) in [6, 6.07) is 5.73. The van der Waals surface area contributed by atoms with Crippen molar-refractivity contribution in [2.24, 2.45) is 0 Å². The Morgan fingerprint density at radius 3 is 2.45 bits per heavy atom. The highest BCUT2D eigenvalue weighted by Crippen LogP contribution is 2.17. The van der Waals surface area contributed by atoms with Crippen LogP contribution in [0.5, 0.6) is 0 Å². The lowest BCUT2D eigenvalue weighted by molar-refractivity contribution is 0.480. The summed E-state index contributed by atoms with van der Waals surface area (Å²) in [5.41, 5.74) is 0.137. The van der Waals surface area contributed by atoms with Gasteiger partial charge in [-0.25, -0.2) is 13.2 Å². The van der Waals surface area contributed by atoms with E-state index in [0.29, 0.717) is 6.07 Å². The Morgan fingerprint density at radius 1 is 1.10 bits per heavy atom. The van der Waals surface area contributed by atoms with Crippen molar-refractivity contribution in [1.29, 1.82) is 0 Å². The predicted octanol–water partition coefficient (Wildman–Crippen LogP) is 4.19. The molecule has 0 saturated carbocycles. The van der Waals surface area contributed by atoms with Crippen LogP contribution in [0.4, 0.5) is 13.2 Å². The number of hydrogen-bond acceptors (Lipinski definition) is 2. The predicted molar refractivity (Wildman–Crippen MR) is 75.4 cm³/mol. The van der Waals surface area contributed by atoms with Gasteiger partial charge in [0, 0.05) is 34.0 Å². The molecule has 1 aromatic heterocycles. The van der Waals surface area contributed by atoms with Gasteiger partial charge in [0.15, 0.2) is 11.6 Å². The van der Waals surface area contributed by atoms with Crippen LogP contribution in [0.2, 0.25) is 0 Å². The van der Waals surface area contributed by atoms with E-state index in [-0.39, 0.29) is 18.2 Å². The number of nitrogens with one attached hydrogen (secondary N) is 1. The van der Waals surface area contributed by atoms with Gasteiger partial charge in [0.25, 0.3) is 0 Å². The van der Waals surface area contributed by atoms with E-state index in [1.807, 2.05) is 13.8 Å². The summed E-state index contributed by atoms with van der Waals surface area (Å²) in [6.07, 6.45) is 0.823. The molecule has 0 fully saturated rings. The van der Waals surface area contributed by atoms with E-state index < -0.39 is 17.5 Å². The van der Waals surface area contributed by atoms with Crippen molar-refractivity contribution in [1.82, 2.24) is 5.32 Å². The van der Waals surface area contributed by atoms with Crippen molar-refractivity contribution in [2.45, 2.75) is 32.9 Å². The van der Waals surface area contributed by atoms with Crippen molar-refractivity contribution in [3.05, 3.63) is 57.0 Å². The summed E-state index contributed by atoms with van der Waals surface area (Å²) >= 11 is 1.72. The highest BCUT2D eigenvalue weighted by molar-refractivity contribution is 7.11. The summed E-state index contributed by atoms with van der Waals surface area (Å²) in [4.78, 5) is 2.49. The summed E-state index contributed by atoms with van der Waals surface area (Å²) in [5, 5.41) is 3.12. The standard InChI is InChI=1S/C15H16F3NS/c1-9(5-12-4-3-10(2)20-12)19-8-11-6-14(17)15(18)7-13(11)16/h3-4,6-7,9,19H,5,8H2,1-2H3. The second-order valence-corrected chi connectivity index (χ2v) is 6.23. The molecule has 1 nitrogen and oxygen atoms in total. The maximum atomic E-state index is 13.5. The maximum Gasteiger partial charge on any atom is 0.161 e. The molecule has 0 aliphatic heterocycles. The lowest BCUT2D eigenvalue weighted by Crippen LogP contribution is -2.27. The summed E-state index contributed by atoms with van der Waals surface area (Å²) < 4.78 is 39.3. The third kappa shape index (κ3) is 3.84. The van der Waals surface area contributed by atoms with E-state index in [2.05, 4.69) is 17.4 Å². The Hall–Kier alpha value is -1.33. The van der Waals surface area contributed by atoms with Crippen molar-refractivity contribution in [3.63, 3.8) is 0 Å². The second-order valence-electron chi connectivity index (χ2n) is 4.86. The van der Waals surface area contributed by atoms with E-state index >= 15 is 0 Å². The minimum atomic E-state index is -1.16. The summed E-state index contributed by atoms with van der Waals surface area (Å²) in [5.74, 6) is -2.91. The zero-order chi connectivity index (χ0) is 14.7. The molecule has 0 bridgehead atoms. The molecule has 1 N–H and O–H groups in total. The average molecular weight is 299 g/mol. The Balaban J connectivity index is 1.93. The third-order valence-corrected chi connectivity index (χ3v) is 4.06. The summed E-state index contributed by atoms with van der Waals surface area (Å²) in [7, 11) is 0. The van der Waals surface area contributed by atoms with Gasteiger partial charge < -0.3 is 5.32 Å². The molecule has 1 atom stereocenters. The molecule has 1 aromatic carbocycles. The fourth-order valence-electron chi connectivity index (χ4n) is 1.95. The van der Waals surface area contributed by atoms with Crippen molar-refractivity contribution >= 4 is 11.3 Å². The largest absolute Gasteiger partial charge is 0.310 e. The van der Waals surface area contributed by atoms with Gasteiger partial charge in [0.1, 0.15) is 5.82 Å². The number of hydrogen-bond donors (Lipinski definition) is 1. The zero-order valence-electron chi connectivity index (χ0n) is 11.3. The molecule has 0 aliphatic carbocycles. The van der Waals surface area contributed by atoms with Crippen LogP contribution < -0.4 is 5.32 Å². The van der Waals surface area contributed by atoms with Gasteiger partial charge >= 0.3 is 0 Å². The number of thiophene rings is 1. The monoisotopic (exact) mass is 299 g/mol. The second kappa shape index (κ2) is 6.41. The van der Waals surface area contributed by atoms with Gasteiger partial charge in [0.2, 0.25) is 0 Å². The van der Waals surface area contributed by atoms with Crippen LogP contribution in [-0.4, -0.2) is 6.04 Å². The first-order valence-corrected chi connectivity index (χ1v) is 7.19. The first-order chi connectivity index (χ1) is 9.45. The maximum absolute atomic E-state index is 13.5. The van der Waals surface area contributed by atoms with Crippen LogP contribution in [-0.2, 0) is 13.0 Å². The first kappa shape index (κ1) is 15.1. The highest BCUT2D eigenvalue weighted by Gasteiger charge is 2.11. The molecule has 0 radical (unpaired) electrons. The molecule has 0 spiro atoms. The summed E-state index contributed by atoms with van der Waals surface area (Å²) in [6.45, 7) is 4.20. The number of aryl methyl sites for hydroxylation is 1. The van der Waals surface area contributed by atoms with Crippen LogP contribution >= 0.6 is 11.3 Å². The zero-order valence-corrected chi connectivity index (χ0v) is 12.2. The lowest BCUT2D eigenvalue weighted by Gasteiger charge is -2.13. The molecule has 2 aromatic rings. The molecular weight excluding hydrogens is 283 g/mol. The van der Waals surface area contributed by atoms with E-state index in [0.717, 1.165) is 12.5 Å². The van der Waals surface area contributed by atoms with Crippen LogP contribution in [0, 0.1) is 24.4 Å². The fourth-order valence-corrected chi connectivity index (χ4v) is 2.97. The average Bonchev–Trinajstić information content (AvgIpc) is 2.77. The Kier molecular flexibility index (Phi) is 4.83. The third-order valence-electron chi connectivity index (χ3n) is 3.03. The van der Waals surface area contributed by atoms with Crippen LogP contribution in [0.25, 0.3) is 0 Å². The smallest absolute Gasteiger partial charge is 0.161 e. The molecule has 0 amide bonds. The molecule has 2 rings (SSSR count). The SMILES string of the molecule is Cc1ccc(CC(C)NCc2cc(F)c(F)cc2F)s1. The molecule has 5 heteroatoms. The Bertz CT molecular complexity index is 595. The molecule has 20 heavy (non-hydrogen) atoms. The van der Waals surface area contributed by atoms with Gasteiger partial charge in [-0.1, -0.05) is 0 Å². The fraction of sp³-hybridized carbons (Fsp3) is 0.333. The number of halogens is 3. The first-order valence-electron chi connectivity index (χ1n) is 6.38. The lowest BCUT2D eigenvalue weighted by atomic mass is 10.1. The van der Waals surface area contributed by atoms with Crippen molar-refractivity contribution < 1.29 is 13.2 Å². The Morgan fingerprint density at radius 2 is 1.80 bits per heavy atom. The van der Waals surface area contributed by atoms with Crippen LogP contribution in [0.15, 0.2) is 24.3 Å². The van der Waals surface area contributed by atoms with Gasteiger partial charge in [0.05, 0.1) is 0 Å². The Labute approximate surface area is 120 Å². The number of rotatable bonds is 5. The normalized spacial score (nSPS) is 12.7. The molecular formula is C15H16F3NS.